The van der Waals surface area contributed by atoms with E-state index in [1.807, 2.05) is 35.4 Å². The summed E-state index contributed by atoms with van der Waals surface area (Å²) in [6, 6.07) is 9.47. The van der Waals surface area contributed by atoms with Gasteiger partial charge in [0.1, 0.15) is 0 Å². The molecule has 5 fully saturated rings. The summed E-state index contributed by atoms with van der Waals surface area (Å²) in [4.78, 5) is 19.3. The van der Waals surface area contributed by atoms with Gasteiger partial charge in [0, 0.05) is 18.5 Å². The first-order valence-corrected chi connectivity index (χ1v) is 19.5. The average molecular weight is 639 g/mol. The number of benzene rings is 1. The van der Waals surface area contributed by atoms with Crippen molar-refractivity contribution < 1.29 is 22.8 Å². The van der Waals surface area contributed by atoms with E-state index in [1.54, 1.807) is 5.57 Å². The molecule has 0 amide bonds. The zero-order chi connectivity index (χ0) is 31.9. The first kappa shape index (κ1) is 31.8. The first-order valence-electron chi connectivity index (χ1n) is 17.6. The lowest BCUT2D eigenvalue weighted by Crippen LogP contribution is -2.52. The Bertz CT molecular complexity index is 1460. The number of piperidine rings is 1. The number of hydrogen-bond acceptors (Lipinski definition) is 6. The van der Waals surface area contributed by atoms with Crippen LogP contribution in [0.5, 0.6) is 0 Å². The van der Waals surface area contributed by atoms with Crippen molar-refractivity contribution in [2.24, 2.45) is 40.4 Å². The van der Waals surface area contributed by atoms with Gasteiger partial charge in [-0.05, 0) is 118 Å². The summed E-state index contributed by atoms with van der Waals surface area (Å²) in [6.07, 6.45) is 12.1. The Morgan fingerprint density at radius 3 is 2.51 bits per heavy atom. The van der Waals surface area contributed by atoms with E-state index in [1.165, 1.54) is 31.1 Å². The minimum absolute atomic E-state index is 0.0636. The molecule has 8 heteroatoms. The smallest absolute Gasteiger partial charge is 0.357 e. The fourth-order valence-corrected chi connectivity index (χ4v) is 12.5. The van der Waals surface area contributed by atoms with E-state index in [4.69, 9.17) is 9.57 Å². The monoisotopic (exact) mass is 638 g/mol. The molecule has 1 aromatic carbocycles. The van der Waals surface area contributed by atoms with Crippen LogP contribution in [-0.2, 0) is 19.6 Å². The second-order valence-corrected chi connectivity index (χ2v) is 18.4. The molecule has 7 rings (SSSR count). The van der Waals surface area contributed by atoms with Gasteiger partial charge in [-0.25, -0.2) is 17.9 Å². The summed E-state index contributed by atoms with van der Waals surface area (Å²) >= 11 is 0. The summed E-state index contributed by atoms with van der Waals surface area (Å²) in [6.45, 7) is 12.8. The van der Waals surface area contributed by atoms with Gasteiger partial charge in [-0.1, -0.05) is 57.0 Å². The maximum absolute atomic E-state index is 13.2. The van der Waals surface area contributed by atoms with Gasteiger partial charge in [-0.3, -0.25) is 0 Å². The van der Waals surface area contributed by atoms with Crippen LogP contribution in [0.25, 0.3) is 0 Å². The van der Waals surface area contributed by atoms with Crippen LogP contribution in [0.15, 0.2) is 41.5 Å². The molecule has 0 radical (unpaired) electrons. The zero-order valence-corrected chi connectivity index (χ0v) is 29.0. The quantitative estimate of drug-likeness (QED) is 0.361. The molecule has 3 saturated carbocycles. The largest absolute Gasteiger partial charge is 0.369 e. The molecule has 2 aliphatic heterocycles. The number of sulfonamides is 1. The van der Waals surface area contributed by atoms with Crippen molar-refractivity contribution >= 4 is 16.0 Å². The molecular formula is C37H54N2O5S. The Morgan fingerprint density at radius 2 is 1.78 bits per heavy atom. The molecule has 1 N–H and O–H groups in total. The van der Waals surface area contributed by atoms with Crippen LogP contribution in [0.2, 0.25) is 0 Å². The van der Waals surface area contributed by atoms with Gasteiger partial charge in [0.05, 0.1) is 29.6 Å². The summed E-state index contributed by atoms with van der Waals surface area (Å²) in [5.74, 6) is 2.27. The second-order valence-electron chi connectivity index (χ2n) is 16.6. The SMILES string of the molecule is CC1=C2C[C@H]3[C@@H](CC[C@@H]4C[C@H](NS(C)(=O)=O)CC[C@@]43C)[C@]2(C)CC[C@@]2(C1)O[C@@H]1C[C@H](C)CN(OC(=O)c3ccccc3)C1[C@H]2C. The third-order valence-electron chi connectivity index (χ3n) is 13.9. The highest BCUT2D eigenvalue weighted by Gasteiger charge is 2.63. The number of fused-ring (bicyclic) bond motifs is 6. The molecule has 11 atom stereocenters. The number of nitrogens with zero attached hydrogens (tertiary/aromatic N) is 1. The minimum Gasteiger partial charge on any atom is -0.369 e. The minimum atomic E-state index is -3.18. The van der Waals surface area contributed by atoms with Gasteiger partial charge in [0.25, 0.3) is 0 Å². The Kier molecular flexibility index (Phi) is 7.90. The maximum Gasteiger partial charge on any atom is 0.357 e. The van der Waals surface area contributed by atoms with Crippen LogP contribution >= 0.6 is 0 Å². The lowest BCUT2D eigenvalue weighted by molar-refractivity contribution is -0.182. The predicted molar refractivity (Wildman–Crippen MR) is 176 cm³/mol. The van der Waals surface area contributed by atoms with E-state index in [2.05, 4.69) is 39.3 Å². The fraction of sp³-hybridized carbons (Fsp3) is 0.757. The van der Waals surface area contributed by atoms with Crippen molar-refractivity contribution in [3.63, 3.8) is 0 Å². The van der Waals surface area contributed by atoms with Crippen LogP contribution in [0.4, 0.5) is 0 Å². The molecule has 0 bridgehead atoms. The molecule has 45 heavy (non-hydrogen) atoms. The van der Waals surface area contributed by atoms with Crippen LogP contribution < -0.4 is 4.72 Å². The number of allylic oxidation sites excluding steroid dienone is 1. The summed E-state index contributed by atoms with van der Waals surface area (Å²) in [7, 11) is -3.18. The Hall–Kier alpha value is -1.74. The molecule has 1 spiro atoms. The number of hydroxylamine groups is 2. The standard InChI is InChI=1S/C37H54N2O5S/c1-23-18-32-33(39(22-23)44-34(40)26-10-8-7-9-11-26)25(3)37(43-32)17-16-36(5)29-13-12-27-19-28(38-45(6,41)42)14-15-35(27,4)31(29)20-30(36)24(2)21-37/h7-11,23,25,27-29,31-33,38H,12-22H2,1-6H3/t23-,25+,27+,28+,29+,31-,32+,33?,35-,36-,37-/m0/s1. The highest BCUT2D eigenvalue weighted by molar-refractivity contribution is 7.88. The van der Waals surface area contributed by atoms with E-state index in [-0.39, 0.29) is 46.5 Å². The molecule has 0 aromatic heterocycles. The highest BCUT2D eigenvalue weighted by Crippen LogP contribution is 2.69. The van der Waals surface area contributed by atoms with Crippen LogP contribution in [0.1, 0.15) is 109 Å². The van der Waals surface area contributed by atoms with Crippen LogP contribution in [0, 0.1) is 40.4 Å². The Labute approximate surface area is 270 Å². The molecule has 248 valence electrons. The Balaban J connectivity index is 1.12. The number of carbonyl (C=O) groups excluding carboxylic acids is 1. The second kappa shape index (κ2) is 11.2. The van der Waals surface area contributed by atoms with Gasteiger partial charge in [-0.2, -0.15) is 0 Å². The molecule has 2 saturated heterocycles. The van der Waals surface area contributed by atoms with Crippen molar-refractivity contribution in [1.82, 2.24) is 9.79 Å². The van der Waals surface area contributed by atoms with E-state index in [0.717, 1.165) is 51.5 Å². The summed E-state index contributed by atoms with van der Waals surface area (Å²) in [5.41, 5.74) is 4.01. The third kappa shape index (κ3) is 5.34. The topological polar surface area (TPSA) is 84.9 Å². The first-order chi connectivity index (χ1) is 21.2. The van der Waals surface area contributed by atoms with E-state index in [9.17, 15) is 13.2 Å². The maximum atomic E-state index is 13.2. The lowest BCUT2D eigenvalue weighted by atomic mass is 9.50. The molecule has 1 unspecified atom stereocenters. The average Bonchev–Trinajstić information content (AvgIpc) is 3.39. The van der Waals surface area contributed by atoms with Gasteiger partial charge >= 0.3 is 5.97 Å². The molecule has 6 aliphatic rings. The number of hydrogen-bond donors (Lipinski definition) is 1. The number of carbonyl (C=O) groups is 1. The van der Waals surface area contributed by atoms with Gasteiger partial charge < -0.3 is 9.57 Å². The number of ether oxygens (including phenoxy) is 1. The van der Waals surface area contributed by atoms with E-state index < -0.39 is 10.0 Å². The van der Waals surface area contributed by atoms with E-state index in [0.29, 0.717) is 29.2 Å². The summed E-state index contributed by atoms with van der Waals surface area (Å²) in [5, 5.41) is 1.98. The molecule has 4 aliphatic carbocycles. The highest BCUT2D eigenvalue weighted by atomic mass is 32.2. The van der Waals surface area contributed by atoms with Crippen molar-refractivity contribution in [3.05, 3.63) is 47.0 Å². The fourth-order valence-electron chi connectivity index (χ4n) is 11.7. The zero-order valence-electron chi connectivity index (χ0n) is 28.2. The van der Waals surface area contributed by atoms with E-state index >= 15 is 0 Å². The van der Waals surface area contributed by atoms with Crippen molar-refractivity contribution in [2.75, 3.05) is 12.8 Å². The molecule has 1 aromatic rings. The van der Waals surface area contributed by atoms with Gasteiger partial charge in [0.15, 0.2) is 0 Å². The molecule has 2 heterocycles. The summed E-state index contributed by atoms with van der Waals surface area (Å²) < 4.78 is 34.2. The predicted octanol–water partition coefficient (Wildman–Crippen LogP) is 6.90. The van der Waals surface area contributed by atoms with Crippen LogP contribution in [0.3, 0.4) is 0 Å². The van der Waals surface area contributed by atoms with Gasteiger partial charge in [0.2, 0.25) is 10.0 Å². The lowest BCUT2D eigenvalue weighted by Gasteiger charge is -2.55. The van der Waals surface area contributed by atoms with Crippen molar-refractivity contribution in [2.45, 2.75) is 123 Å². The van der Waals surface area contributed by atoms with Crippen molar-refractivity contribution in [3.8, 4) is 0 Å². The molecule has 7 nitrogen and oxygen atoms in total. The number of nitrogens with one attached hydrogen (secondary N) is 1. The molecular weight excluding hydrogens is 584 g/mol. The third-order valence-corrected chi connectivity index (χ3v) is 14.7. The number of rotatable bonds is 4. The van der Waals surface area contributed by atoms with Gasteiger partial charge in [-0.15, -0.1) is 5.06 Å². The van der Waals surface area contributed by atoms with Crippen LogP contribution in [-0.4, -0.2) is 56.0 Å². The Morgan fingerprint density at radius 1 is 1.02 bits per heavy atom. The normalized spacial score (nSPS) is 44.9. The van der Waals surface area contributed by atoms with Crippen molar-refractivity contribution in [1.29, 1.82) is 0 Å².